The van der Waals surface area contributed by atoms with Gasteiger partial charge < -0.3 is 20.1 Å². The van der Waals surface area contributed by atoms with Gasteiger partial charge in [0.15, 0.2) is 11.5 Å². The summed E-state index contributed by atoms with van der Waals surface area (Å²) in [5.74, 6) is 1.32. The summed E-state index contributed by atoms with van der Waals surface area (Å²) in [5, 5.41) is 5.93. The molecule has 4 rings (SSSR count). The number of ether oxygens (including phenoxy) is 2. The molecular weight excluding hydrogens is 358 g/mol. The highest BCUT2D eigenvalue weighted by atomic mass is 16.6. The second kappa shape index (κ2) is 7.91. The van der Waals surface area contributed by atoms with Gasteiger partial charge in [0.25, 0.3) is 5.91 Å². The van der Waals surface area contributed by atoms with Crippen LogP contribution in [0.15, 0.2) is 48.7 Å². The largest absolute Gasteiger partial charge is 0.486 e. The number of carbonyl (C=O) groups is 1. The molecule has 0 aliphatic carbocycles. The maximum Gasteiger partial charge on any atom is 0.274 e. The van der Waals surface area contributed by atoms with Crippen LogP contribution in [0.25, 0.3) is 0 Å². The summed E-state index contributed by atoms with van der Waals surface area (Å²) < 4.78 is 11.0. The number of hydrogen-bond acceptors (Lipinski definition) is 7. The van der Waals surface area contributed by atoms with Crippen LogP contribution in [-0.2, 0) is 6.54 Å². The number of pyridine rings is 1. The molecule has 0 atom stereocenters. The molecule has 3 heterocycles. The van der Waals surface area contributed by atoms with Crippen LogP contribution in [0.3, 0.4) is 0 Å². The van der Waals surface area contributed by atoms with Gasteiger partial charge >= 0.3 is 0 Å². The molecule has 0 radical (unpaired) electrons. The van der Waals surface area contributed by atoms with Gasteiger partial charge in [-0.2, -0.15) is 0 Å². The lowest BCUT2D eigenvalue weighted by atomic mass is 10.2. The fourth-order valence-corrected chi connectivity index (χ4v) is 2.75. The summed E-state index contributed by atoms with van der Waals surface area (Å²) in [4.78, 5) is 25.5. The summed E-state index contributed by atoms with van der Waals surface area (Å²) in [6, 6.07) is 12.6. The third-order valence-electron chi connectivity index (χ3n) is 4.04. The summed E-state index contributed by atoms with van der Waals surface area (Å²) in [6.07, 6.45) is 1.72. The van der Waals surface area contributed by atoms with Crippen molar-refractivity contribution in [2.24, 2.45) is 0 Å². The Hall–Kier alpha value is -3.68. The lowest BCUT2D eigenvalue weighted by Gasteiger charge is -2.19. The Kier molecular flexibility index (Phi) is 5.01. The minimum atomic E-state index is -0.330. The summed E-state index contributed by atoms with van der Waals surface area (Å²) in [7, 11) is 0. The fraction of sp³-hybridized carbons (Fsp3) is 0.200. The standard InChI is InChI=1S/C20H19N5O3/c1-13-10-16(25-20(23-13)22-12-15-4-2-3-7-21-15)19(26)24-14-5-6-17-18(11-14)28-9-8-27-17/h2-7,10-11H,8-9,12H2,1H3,(H,24,26)(H,22,23,25). The van der Waals surface area contributed by atoms with E-state index in [1.807, 2.05) is 25.1 Å². The van der Waals surface area contributed by atoms with Crippen molar-refractivity contribution in [3.05, 3.63) is 65.7 Å². The molecule has 3 aromatic rings. The van der Waals surface area contributed by atoms with Crippen molar-refractivity contribution in [3.63, 3.8) is 0 Å². The second-order valence-electron chi connectivity index (χ2n) is 6.21. The van der Waals surface area contributed by atoms with E-state index < -0.39 is 0 Å². The van der Waals surface area contributed by atoms with Gasteiger partial charge in [0.05, 0.1) is 12.2 Å². The monoisotopic (exact) mass is 377 g/mol. The van der Waals surface area contributed by atoms with E-state index in [9.17, 15) is 4.79 Å². The molecule has 0 fully saturated rings. The minimum absolute atomic E-state index is 0.269. The first-order valence-electron chi connectivity index (χ1n) is 8.88. The Balaban J connectivity index is 1.47. The molecular formula is C20H19N5O3. The highest BCUT2D eigenvalue weighted by Crippen LogP contribution is 2.32. The van der Waals surface area contributed by atoms with Crippen LogP contribution < -0.4 is 20.1 Å². The number of fused-ring (bicyclic) bond motifs is 1. The third kappa shape index (κ3) is 4.17. The first-order chi connectivity index (χ1) is 13.7. The first kappa shape index (κ1) is 17.7. The number of benzene rings is 1. The van der Waals surface area contributed by atoms with Crippen LogP contribution in [0, 0.1) is 6.92 Å². The first-order valence-corrected chi connectivity index (χ1v) is 8.88. The summed E-state index contributed by atoms with van der Waals surface area (Å²) in [6.45, 7) is 3.29. The van der Waals surface area contributed by atoms with Crippen LogP contribution in [-0.4, -0.2) is 34.1 Å². The predicted molar refractivity (Wildman–Crippen MR) is 104 cm³/mol. The summed E-state index contributed by atoms with van der Waals surface area (Å²) in [5.41, 5.74) is 2.42. The van der Waals surface area contributed by atoms with Gasteiger partial charge in [-0.3, -0.25) is 9.78 Å². The second-order valence-corrected chi connectivity index (χ2v) is 6.21. The quantitative estimate of drug-likeness (QED) is 0.705. The highest BCUT2D eigenvalue weighted by Gasteiger charge is 2.15. The SMILES string of the molecule is Cc1cc(C(=O)Nc2ccc3c(c2)OCCO3)nc(NCc2ccccn2)n1. The van der Waals surface area contributed by atoms with Crippen molar-refractivity contribution in [2.45, 2.75) is 13.5 Å². The average Bonchev–Trinajstić information content (AvgIpc) is 2.72. The number of nitrogens with zero attached hydrogens (tertiary/aromatic N) is 3. The molecule has 0 bridgehead atoms. The number of nitrogens with one attached hydrogen (secondary N) is 2. The Morgan fingerprint density at radius 2 is 1.93 bits per heavy atom. The third-order valence-corrected chi connectivity index (χ3v) is 4.04. The number of carbonyl (C=O) groups excluding carboxylic acids is 1. The van der Waals surface area contributed by atoms with Crippen LogP contribution >= 0.6 is 0 Å². The van der Waals surface area contributed by atoms with Gasteiger partial charge in [0, 0.05) is 23.6 Å². The lowest BCUT2D eigenvalue weighted by Crippen LogP contribution is -2.18. The van der Waals surface area contributed by atoms with E-state index in [4.69, 9.17) is 9.47 Å². The Bertz CT molecular complexity index is 994. The van der Waals surface area contributed by atoms with Crippen molar-refractivity contribution in [1.29, 1.82) is 0 Å². The zero-order chi connectivity index (χ0) is 19.3. The lowest BCUT2D eigenvalue weighted by molar-refractivity contribution is 0.102. The zero-order valence-electron chi connectivity index (χ0n) is 15.3. The van der Waals surface area contributed by atoms with Crippen molar-refractivity contribution in [1.82, 2.24) is 15.0 Å². The van der Waals surface area contributed by atoms with Gasteiger partial charge in [-0.1, -0.05) is 6.07 Å². The molecule has 1 aliphatic heterocycles. The molecule has 0 spiro atoms. The predicted octanol–water partition coefficient (Wildman–Crippen LogP) is 2.82. The van der Waals surface area contributed by atoms with Gasteiger partial charge in [0.1, 0.15) is 18.9 Å². The highest BCUT2D eigenvalue weighted by molar-refractivity contribution is 6.03. The molecule has 1 aromatic carbocycles. The van der Waals surface area contributed by atoms with E-state index in [0.29, 0.717) is 48.6 Å². The zero-order valence-corrected chi connectivity index (χ0v) is 15.3. The van der Waals surface area contributed by atoms with Crippen LogP contribution in [0.4, 0.5) is 11.6 Å². The van der Waals surface area contributed by atoms with Crippen LogP contribution in [0.1, 0.15) is 21.9 Å². The number of anilines is 2. The molecule has 2 aromatic heterocycles. The molecule has 8 heteroatoms. The number of hydrogen-bond donors (Lipinski definition) is 2. The minimum Gasteiger partial charge on any atom is -0.486 e. The van der Waals surface area contributed by atoms with Crippen molar-refractivity contribution in [3.8, 4) is 11.5 Å². The number of aryl methyl sites for hydroxylation is 1. The molecule has 28 heavy (non-hydrogen) atoms. The van der Waals surface area contributed by atoms with E-state index in [0.717, 1.165) is 5.69 Å². The van der Waals surface area contributed by atoms with Gasteiger partial charge in [0.2, 0.25) is 5.95 Å². The van der Waals surface area contributed by atoms with E-state index in [2.05, 4.69) is 25.6 Å². The Labute approximate surface area is 162 Å². The summed E-state index contributed by atoms with van der Waals surface area (Å²) >= 11 is 0. The Morgan fingerprint density at radius 1 is 1.07 bits per heavy atom. The normalized spacial score (nSPS) is 12.3. The van der Waals surface area contributed by atoms with E-state index in [1.165, 1.54) is 0 Å². The molecule has 1 aliphatic rings. The maximum atomic E-state index is 12.6. The van der Waals surface area contributed by atoms with E-state index in [1.54, 1.807) is 30.5 Å². The number of aromatic nitrogens is 3. The van der Waals surface area contributed by atoms with Crippen LogP contribution in [0.2, 0.25) is 0 Å². The smallest absolute Gasteiger partial charge is 0.274 e. The molecule has 8 nitrogen and oxygen atoms in total. The number of amides is 1. The number of rotatable bonds is 5. The molecule has 142 valence electrons. The van der Waals surface area contributed by atoms with E-state index >= 15 is 0 Å². The molecule has 0 saturated heterocycles. The molecule has 1 amide bonds. The van der Waals surface area contributed by atoms with Gasteiger partial charge in [-0.25, -0.2) is 9.97 Å². The van der Waals surface area contributed by atoms with Gasteiger partial charge in [-0.15, -0.1) is 0 Å². The van der Waals surface area contributed by atoms with Crippen molar-refractivity contribution >= 4 is 17.5 Å². The molecule has 0 saturated carbocycles. The van der Waals surface area contributed by atoms with E-state index in [-0.39, 0.29) is 11.6 Å². The maximum absolute atomic E-state index is 12.6. The molecule has 0 unspecified atom stereocenters. The van der Waals surface area contributed by atoms with Crippen molar-refractivity contribution < 1.29 is 14.3 Å². The average molecular weight is 377 g/mol. The topological polar surface area (TPSA) is 98.3 Å². The van der Waals surface area contributed by atoms with Crippen molar-refractivity contribution in [2.75, 3.05) is 23.8 Å². The molecule has 2 N–H and O–H groups in total. The fourth-order valence-electron chi connectivity index (χ4n) is 2.75. The van der Waals surface area contributed by atoms with Gasteiger partial charge in [-0.05, 0) is 37.3 Å². The Morgan fingerprint density at radius 3 is 2.75 bits per heavy atom. The van der Waals surface area contributed by atoms with Crippen LogP contribution in [0.5, 0.6) is 11.5 Å².